The molecule has 1 atom stereocenters. The number of hydrogen-bond donors (Lipinski definition) is 1. The van der Waals surface area contributed by atoms with Crippen molar-refractivity contribution in [2.24, 2.45) is 0 Å². The Bertz CT molecular complexity index is 484. The maximum atomic E-state index is 11.5. The molecule has 2 heterocycles. The summed E-state index contributed by atoms with van der Waals surface area (Å²) in [6, 6.07) is -0.0572. The van der Waals surface area contributed by atoms with Gasteiger partial charge in [-0.15, -0.1) is 5.10 Å². The third-order valence-corrected chi connectivity index (χ3v) is 4.23. The average molecular weight is 260 g/mol. The molecule has 0 amide bonds. The topological polar surface area (TPSA) is 88.3 Å². The highest BCUT2D eigenvalue weighted by molar-refractivity contribution is 7.88. The van der Waals surface area contributed by atoms with Crippen molar-refractivity contribution in [1.29, 1.82) is 0 Å². The van der Waals surface area contributed by atoms with Gasteiger partial charge in [-0.25, -0.2) is 8.42 Å². The van der Waals surface area contributed by atoms with Crippen LogP contribution >= 0.6 is 0 Å². The quantitative estimate of drug-likeness (QED) is 0.765. The van der Waals surface area contributed by atoms with E-state index >= 15 is 0 Å². The molecule has 0 spiro atoms. The maximum Gasteiger partial charge on any atom is 0.211 e. The molecule has 1 fully saturated rings. The standard InChI is InChI=1S/C9H16N4O3S/c1-17(15,16)13-4-2-3-9(13)6-12-5-8(7-14)10-11-12/h5,9,14H,2-4,6-7H2,1H3/t9-/m1/s1. The highest BCUT2D eigenvalue weighted by Crippen LogP contribution is 2.21. The minimum Gasteiger partial charge on any atom is -0.390 e. The lowest BCUT2D eigenvalue weighted by molar-refractivity contribution is 0.276. The Balaban J connectivity index is 2.08. The van der Waals surface area contributed by atoms with Gasteiger partial charge in [0, 0.05) is 12.6 Å². The molecule has 1 aliphatic heterocycles. The van der Waals surface area contributed by atoms with Gasteiger partial charge in [0.15, 0.2) is 0 Å². The van der Waals surface area contributed by atoms with E-state index in [2.05, 4.69) is 10.3 Å². The average Bonchev–Trinajstić information content (AvgIpc) is 2.85. The second-order valence-corrected chi connectivity index (χ2v) is 6.19. The largest absolute Gasteiger partial charge is 0.390 e. The number of rotatable bonds is 4. The van der Waals surface area contributed by atoms with Crippen molar-refractivity contribution in [3.05, 3.63) is 11.9 Å². The van der Waals surface area contributed by atoms with E-state index in [1.165, 1.54) is 10.6 Å². The van der Waals surface area contributed by atoms with Crippen LogP contribution in [0.4, 0.5) is 0 Å². The molecule has 1 saturated heterocycles. The lowest BCUT2D eigenvalue weighted by Gasteiger charge is -2.21. The number of nitrogens with zero attached hydrogens (tertiary/aromatic N) is 4. The molecule has 0 aliphatic carbocycles. The van der Waals surface area contributed by atoms with Crippen LogP contribution in [0.25, 0.3) is 0 Å². The maximum absolute atomic E-state index is 11.5. The minimum absolute atomic E-state index is 0.0572. The van der Waals surface area contributed by atoms with Gasteiger partial charge in [0.2, 0.25) is 10.0 Å². The third-order valence-electron chi connectivity index (χ3n) is 2.90. The molecule has 17 heavy (non-hydrogen) atoms. The predicted molar refractivity (Wildman–Crippen MR) is 60.5 cm³/mol. The SMILES string of the molecule is CS(=O)(=O)N1CCC[C@@H]1Cn1cc(CO)nn1. The van der Waals surface area contributed by atoms with Crippen molar-refractivity contribution in [3.63, 3.8) is 0 Å². The zero-order chi connectivity index (χ0) is 12.5. The molecule has 7 nitrogen and oxygen atoms in total. The van der Waals surface area contributed by atoms with Gasteiger partial charge in [0.05, 0.1) is 25.6 Å². The summed E-state index contributed by atoms with van der Waals surface area (Å²) in [5.41, 5.74) is 0.494. The summed E-state index contributed by atoms with van der Waals surface area (Å²) in [5, 5.41) is 16.5. The summed E-state index contributed by atoms with van der Waals surface area (Å²) in [7, 11) is -3.15. The first-order valence-corrected chi connectivity index (χ1v) is 7.32. The molecule has 1 N–H and O–H groups in total. The fourth-order valence-electron chi connectivity index (χ4n) is 2.14. The first-order valence-electron chi connectivity index (χ1n) is 5.47. The summed E-state index contributed by atoms with van der Waals surface area (Å²) < 4.78 is 26.2. The minimum atomic E-state index is -3.15. The van der Waals surface area contributed by atoms with Crippen molar-refractivity contribution >= 4 is 10.0 Å². The number of sulfonamides is 1. The van der Waals surface area contributed by atoms with Crippen LogP contribution in [0.1, 0.15) is 18.5 Å². The van der Waals surface area contributed by atoms with Crippen LogP contribution in [-0.4, -0.2) is 51.7 Å². The van der Waals surface area contributed by atoms with Crippen LogP contribution in [0.2, 0.25) is 0 Å². The van der Waals surface area contributed by atoms with Crippen molar-refractivity contribution in [1.82, 2.24) is 19.3 Å². The third kappa shape index (κ3) is 2.82. The Morgan fingerprint density at radius 3 is 2.94 bits per heavy atom. The van der Waals surface area contributed by atoms with Gasteiger partial charge in [-0.3, -0.25) is 4.68 Å². The second kappa shape index (κ2) is 4.71. The molecule has 0 aromatic carbocycles. The normalized spacial score (nSPS) is 22.1. The Kier molecular flexibility index (Phi) is 3.45. The number of aliphatic hydroxyl groups excluding tert-OH is 1. The van der Waals surface area contributed by atoms with E-state index in [-0.39, 0.29) is 12.6 Å². The van der Waals surface area contributed by atoms with Gasteiger partial charge in [-0.05, 0) is 12.8 Å². The van der Waals surface area contributed by atoms with Crippen molar-refractivity contribution in [2.75, 3.05) is 12.8 Å². The van der Waals surface area contributed by atoms with Crippen LogP contribution in [0.5, 0.6) is 0 Å². The molecule has 0 unspecified atom stereocenters. The molecule has 0 bridgehead atoms. The fourth-order valence-corrected chi connectivity index (χ4v) is 3.32. The summed E-state index contributed by atoms with van der Waals surface area (Å²) in [6.07, 6.45) is 4.57. The van der Waals surface area contributed by atoms with E-state index < -0.39 is 10.0 Å². The molecule has 8 heteroatoms. The van der Waals surface area contributed by atoms with Gasteiger partial charge < -0.3 is 5.11 Å². The summed E-state index contributed by atoms with van der Waals surface area (Å²) in [6.45, 7) is 0.908. The van der Waals surface area contributed by atoms with E-state index in [1.807, 2.05) is 0 Å². The predicted octanol–water partition coefficient (Wildman–Crippen LogP) is -0.806. The zero-order valence-electron chi connectivity index (χ0n) is 9.65. The number of aliphatic hydroxyl groups is 1. The van der Waals surface area contributed by atoms with Gasteiger partial charge in [0.25, 0.3) is 0 Å². The summed E-state index contributed by atoms with van der Waals surface area (Å²) in [4.78, 5) is 0. The molecule has 2 rings (SSSR count). The highest BCUT2D eigenvalue weighted by Gasteiger charge is 2.31. The lowest BCUT2D eigenvalue weighted by atomic mass is 10.2. The van der Waals surface area contributed by atoms with E-state index in [9.17, 15) is 8.42 Å². The van der Waals surface area contributed by atoms with Crippen molar-refractivity contribution in [2.45, 2.75) is 32.0 Å². The smallest absolute Gasteiger partial charge is 0.211 e. The molecular weight excluding hydrogens is 244 g/mol. The molecule has 1 aliphatic rings. The van der Waals surface area contributed by atoms with Gasteiger partial charge in [0.1, 0.15) is 5.69 Å². The van der Waals surface area contributed by atoms with E-state index in [0.717, 1.165) is 12.8 Å². The van der Waals surface area contributed by atoms with Crippen LogP contribution in [0, 0.1) is 0 Å². The van der Waals surface area contributed by atoms with Gasteiger partial charge in [-0.2, -0.15) is 4.31 Å². The Hall–Kier alpha value is -0.990. The lowest BCUT2D eigenvalue weighted by Crippen LogP contribution is -2.37. The van der Waals surface area contributed by atoms with Crippen LogP contribution in [0.3, 0.4) is 0 Å². The Labute approximate surface area is 100 Å². The summed E-state index contributed by atoms with van der Waals surface area (Å²) in [5.74, 6) is 0. The first kappa shape index (κ1) is 12.5. The Morgan fingerprint density at radius 2 is 2.35 bits per heavy atom. The van der Waals surface area contributed by atoms with E-state index in [0.29, 0.717) is 18.8 Å². The molecular formula is C9H16N4O3S. The highest BCUT2D eigenvalue weighted by atomic mass is 32.2. The van der Waals surface area contributed by atoms with Crippen molar-refractivity contribution in [3.8, 4) is 0 Å². The van der Waals surface area contributed by atoms with E-state index in [1.54, 1.807) is 10.9 Å². The van der Waals surface area contributed by atoms with Crippen LogP contribution in [0.15, 0.2) is 6.20 Å². The summed E-state index contributed by atoms with van der Waals surface area (Å²) >= 11 is 0. The molecule has 0 radical (unpaired) electrons. The van der Waals surface area contributed by atoms with Gasteiger partial charge in [-0.1, -0.05) is 5.21 Å². The second-order valence-electron chi connectivity index (χ2n) is 4.26. The van der Waals surface area contributed by atoms with Crippen LogP contribution < -0.4 is 0 Å². The van der Waals surface area contributed by atoms with Crippen molar-refractivity contribution < 1.29 is 13.5 Å². The number of aromatic nitrogens is 3. The van der Waals surface area contributed by atoms with Crippen LogP contribution in [-0.2, 0) is 23.2 Å². The van der Waals surface area contributed by atoms with Gasteiger partial charge >= 0.3 is 0 Å². The first-order chi connectivity index (χ1) is 8.00. The zero-order valence-corrected chi connectivity index (χ0v) is 10.5. The monoisotopic (exact) mass is 260 g/mol. The molecule has 0 saturated carbocycles. The molecule has 1 aromatic heterocycles. The van der Waals surface area contributed by atoms with E-state index in [4.69, 9.17) is 5.11 Å². The Morgan fingerprint density at radius 1 is 1.59 bits per heavy atom. The molecule has 1 aromatic rings. The number of hydrogen-bond acceptors (Lipinski definition) is 5. The fraction of sp³-hybridized carbons (Fsp3) is 0.778. The molecule has 96 valence electrons.